The number of carboxylic acid groups (broad SMARTS) is 2. The van der Waals surface area contributed by atoms with E-state index < -0.39 is 28.7 Å². The van der Waals surface area contributed by atoms with Gasteiger partial charge in [-0.3, -0.25) is 9.00 Å². The van der Waals surface area contributed by atoms with E-state index in [0.29, 0.717) is 26.2 Å². The molecular weight excluding hydrogens is 505 g/mol. The molecule has 0 aliphatic carbocycles. The van der Waals surface area contributed by atoms with Gasteiger partial charge in [0, 0.05) is 70.2 Å². The smallest absolute Gasteiger partial charge is 0.334 e. The zero-order chi connectivity index (χ0) is 25.2. The molecule has 12 heteroatoms. The lowest BCUT2D eigenvalue weighted by Gasteiger charge is -2.35. The summed E-state index contributed by atoms with van der Waals surface area (Å²) >= 11 is 12.7. The third-order valence-electron chi connectivity index (χ3n) is 5.81. The van der Waals surface area contributed by atoms with E-state index in [1.54, 1.807) is 11.0 Å². The molecule has 34 heavy (non-hydrogen) atoms. The predicted octanol–water partition coefficient (Wildman–Crippen LogP) is 1.90. The van der Waals surface area contributed by atoms with Crippen molar-refractivity contribution in [3.63, 3.8) is 0 Å². The summed E-state index contributed by atoms with van der Waals surface area (Å²) in [6.45, 7) is 2.36. The summed E-state index contributed by atoms with van der Waals surface area (Å²) < 4.78 is 12.1. The summed E-state index contributed by atoms with van der Waals surface area (Å²) in [5.74, 6) is -4.66. The monoisotopic (exact) mass is 529 g/mol. The van der Waals surface area contributed by atoms with E-state index in [1.807, 2.05) is 7.05 Å². The molecule has 3 N–H and O–H groups in total. The molecule has 2 unspecified atom stereocenters. The van der Waals surface area contributed by atoms with Crippen molar-refractivity contribution in [3.05, 3.63) is 56.3 Å². The molecule has 1 saturated heterocycles. The topological polar surface area (TPSA) is 127 Å². The average molecular weight is 530 g/mol. The number of amides is 1. The number of benzene rings is 1. The SMILES string of the molecule is CN1CCN(C(=O)CC2=C(C(=O)O)C(c3c(Cl)cccc3Cl)C(C(=O)O)=C(CS(C)=O)N2)CC1. The van der Waals surface area contributed by atoms with Crippen LogP contribution < -0.4 is 5.32 Å². The Hall–Kier alpha value is -2.40. The molecule has 3 rings (SSSR count). The number of hydrogen-bond acceptors (Lipinski definition) is 6. The largest absolute Gasteiger partial charge is 0.478 e. The Morgan fingerprint density at radius 2 is 1.56 bits per heavy atom. The summed E-state index contributed by atoms with van der Waals surface area (Å²) in [6.07, 6.45) is 1.10. The maximum atomic E-state index is 13.1. The van der Waals surface area contributed by atoms with Gasteiger partial charge >= 0.3 is 11.9 Å². The van der Waals surface area contributed by atoms with Gasteiger partial charge in [0.25, 0.3) is 0 Å². The highest BCUT2D eigenvalue weighted by Gasteiger charge is 2.41. The van der Waals surface area contributed by atoms with Crippen LogP contribution in [0.2, 0.25) is 10.0 Å². The van der Waals surface area contributed by atoms with Gasteiger partial charge in [0.15, 0.2) is 0 Å². The fourth-order valence-electron chi connectivity index (χ4n) is 4.17. The first-order valence-corrected chi connectivity index (χ1v) is 12.9. The van der Waals surface area contributed by atoms with Crippen LogP contribution in [0.15, 0.2) is 40.7 Å². The number of piperazine rings is 1. The zero-order valence-electron chi connectivity index (χ0n) is 18.6. The predicted molar refractivity (Wildman–Crippen MR) is 129 cm³/mol. The highest BCUT2D eigenvalue weighted by atomic mass is 35.5. The van der Waals surface area contributed by atoms with Crippen molar-refractivity contribution in [3.8, 4) is 0 Å². The second kappa shape index (κ2) is 10.9. The Labute approximate surface area is 209 Å². The number of aliphatic carboxylic acids is 2. The quantitative estimate of drug-likeness (QED) is 0.488. The zero-order valence-corrected chi connectivity index (χ0v) is 21.0. The minimum absolute atomic E-state index is 0.0304. The lowest BCUT2D eigenvalue weighted by atomic mass is 9.79. The van der Waals surface area contributed by atoms with Gasteiger partial charge in [0.1, 0.15) is 0 Å². The summed E-state index contributed by atoms with van der Waals surface area (Å²) in [5, 5.41) is 23.2. The standard InChI is InChI=1S/C22H25Cl2N3O6S/c1-26-6-8-27(9-7-26)16(28)10-14-18(21(29)30)20(17-12(23)4-3-5-13(17)24)19(22(31)32)15(25-14)11-34(2)33/h3-5,20,25H,6-11H2,1-2H3,(H,29,30)(H,31,32). The molecule has 0 bridgehead atoms. The van der Waals surface area contributed by atoms with Crippen LogP contribution in [0.5, 0.6) is 0 Å². The number of halogens is 2. The number of rotatable bonds is 7. The van der Waals surface area contributed by atoms with Crippen molar-refractivity contribution in [2.75, 3.05) is 45.2 Å². The second-order valence-electron chi connectivity index (χ2n) is 8.17. The van der Waals surface area contributed by atoms with E-state index in [4.69, 9.17) is 23.2 Å². The number of hydrogen-bond donors (Lipinski definition) is 3. The molecule has 1 amide bonds. The van der Waals surface area contributed by atoms with Gasteiger partial charge in [0.2, 0.25) is 5.91 Å². The van der Waals surface area contributed by atoms with Gasteiger partial charge in [-0.05, 0) is 19.2 Å². The molecule has 2 atom stereocenters. The van der Waals surface area contributed by atoms with Gasteiger partial charge < -0.3 is 25.3 Å². The molecule has 0 spiro atoms. The van der Waals surface area contributed by atoms with Crippen molar-refractivity contribution in [2.24, 2.45) is 0 Å². The molecule has 1 fully saturated rings. The van der Waals surface area contributed by atoms with Gasteiger partial charge in [-0.15, -0.1) is 0 Å². The highest BCUT2D eigenvalue weighted by molar-refractivity contribution is 7.84. The van der Waals surface area contributed by atoms with Crippen LogP contribution in [-0.2, 0) is 25.2 Å². The Bertz CT molecular complexity index is 1090. The Balaban J connectivity index is 2.17. The first-order chi connectivity index (χ1) is 16.0. The van der Waals surface area contributed by atoms with Crippen molar-refractivity contribution >= 4 is 51.8 Å². The minimum atomic E-state index is -1.46. The first kappa shape index (κ1) is 26.2. The van der Waals surface area contributed by atoms with Gasteiger partial charge in [-0.2, -0.15) is 0 Å². The van der Waals surface area contributed by atoms with Crippen molar-refractivity contribution in [1.29, 1.82) is 0 Å². The van der Waals surface area contributed by atoms with Crippen LogP contribution in [0.4, 0.5) is 0 Å². The molecule has 1 aromatic carbocycles. The van der Waals surface area contributed by atoms with Crippen LogP contribution >= 0.6 is 23.2 Å². The molecule has 184 valence electrons. The third kappa shape index (κ3) is 5.63. The summed E-state index contributed by atoms with van der Waals surface area (Å²) in [7, 11) is 0.486. The molecule has 9 nitrogen and oxygen atoms in total. The third-order valence-corrected chi connectivity index (χ3v) is 7.16. The van der Waals surface area contributed by atoms with E-state index in [1.165, 1.54) is 18.4 Å². The van der Waals surface area contributed by atoms with Crippen LogP contribution in [0.25, 0.3) is 0 Å². The molecule has 2 aliphatic heterocycles. The van der Waals surface area contributed by atoms with Gasteiger partial charge in [0.05, 0.1) is 29.2 Å². The molecular formula is C22H25Cl2N3O6S. The molecule has 2 heterocycles. The van der Waals surface area contributed by atoms with E-state index in [-0.39, 0.29) is 56.2 Å². The molecule has 1 aromatic rings. The molecule has 0 aromatic heterocycles. The number of carbonyl (C=O) groups is 3. The summed E-state index contributed by atoms with van der Waals surface area (Å²) in [5.41, 5.74) is -0.465. The normalized spacial score (nSPS) is 20.2. The fourth-order valence-corrected chi connectivity index (χ4v) is 5.42. The van der Waals surface area contributed by atoms with Crippen LogP contribution in [0.3, 0.4) is 0 Å². The molecule has 0 saturated carbocycles. The number of nitrogens with one attached hydrogen (secondary N) is 1. The van der Waals surface area contributed by atoms with Gasteiger partial charge in [-0.25, -0.2) is 9.59 Å². The maximum Gasteiger partial charge on any atom is 0.334 e. The van der Waals surface area contributed by atoms with Crippen LogP contribution in [0.1, 0.15) is 17.9 Å². The lowest BCUT2D eigenvalue weighted by Crippen LogP contribution is -2.47. The summed E-state index contributed by atoms with van der Waals surface area (Å²) in [6, 6.07) is 4.52. The van der Waals surface area contributed by atoms with E-state index in [9.17, 15) is 28.8 Å². The second-order valence-corrected chi connectivity index (χ2v) is 10.4. The number of carbonyl (C=O) groups excluding carboxylic acids is 1. The maximum absolute atomic E-state index is 13.1. The van der Waals surface area contributed by atoms with Crippen LogP contribution in [-0.4, -0.2) is 87.3 Å². The van der Waals surface area contributed by atoms with Crippen molar-refractivity contribution in [1.82, 2.24) is 15.1 Å². The van der Waals surface area contributed by atoms with E-state index in [0.717, 1.165) is 0 Å². The van der Waals surface area contributed by atoms with Crippen molar-refractivity contribution < 1.29 is 28.8 Å². The molecule has 2 aliphatic rings. The highest BCUT2D eigenvalue weighted by Crippen LogP contribution is 2.44. The number of likely N-dealkylation sites (N-methyl/N-ethyl adjacent to an activating group) is 1. The Kier molecular flexibility index (Phi) is 8.40. The summed E-state index contributed by atoms with van der Waals surface area (Å²) in [4.78, 5) is 41.6. The Morgan fingerprint density at radius 1 is 1.03 bits per heavy atom. The lowest BCUT2D eigenvalue weighted by molar-refractivity contribution is -0.133. The Morgan fingerprint density at radius 3 is 2.06 bits per heavy atom. The van der Waals surface area contributed by atoms with Gasteiger partial charge in [-0.1, -0.05) is 29.3 Å². The fraction of sp³-hybridized carbons (Fsp3) is 0.409. The molecule has 0 radical (unpaired) electrons. The van der Waals surface area contributed by atoms with E-state index >= 15 is 0 Å². The minimum Gasteiger partial charge on any atom is -0.478 e. The number of nitrogens with zero attached hydrogens (tertiary/aromatic N) is 2. The van der Waals surface area contributed by atoms with Crippen molar-refractivity contribution in [2.45, 2.75) is 12.3 Å². The average Bonchev–Trinajstić information content (AvgIpc) is 2.73. The number of dihydropyridines is 1. The first-order valence-electron chi connectivity index (χ1n) is 10.4. The number of carboxylic acids is 2. The van der Waals surface area contributed by atoms with Crippen LogP contribution in [0, 0.1) is 0 Å². The van der Waals surface area contributed by atoms with E-state index in [2.05, 4.69) is 10.2 Å².